The Kier molecular flexibility index (Phi) is 5.14. The molecule has 31 heavy (non-hydrogen) atoms. The number of hydrogen-bond acceptors (Lipinski definition) is 5. The van der Waals surface area contributed by atoms with Crippen LogP contribution in [0.1, 0.15) is 41.6 Å². The molecular formula is C25H26N4O2. The van der Waals surface area contributed by atoms with Gasteiger partial charge in [0, 0.05) is 36.3 Å². The molecule has 1 spiro atoms. The van der Waals surface area contributed by atoms with Crippen molar-refractivity contribution in [3.8, 4) is 17.3 Å². The zero-order chi connectivity index (χ0) is 21.3. The predicted molar refractivity (Wildman–Crippen MR) is 118 cm³/mol. The summed E-state index contributed by atoms with van der Waals surface area (Å²) in [5, 5.41) is 3.31. The maximum absolute atomic E-state index is 13.2. The van der Waals surface area contributed by atoms with E-state index in [1.165, 1.54) is 6.42 Å². The molecule has 1 atom stereocenters. The Bertz CT molecular complexity index is 1070. The quantitative estimate of drug-likeness (QED) is 0.654. The second kappa shape index (κ2) is 8.10. The minimum Gasteiger partial charge on any atom is -0.477 e. The van der Waals surface area contributed by atoms with Gasteiger partial charge >= 0.3 is 0 Å². The summed E-state index contributed by atoms with van der Waals surface area (Å²) in [5.41, 5.74) is 2.68. The number of pyridine rings is 1. The van der Waals surface area contributed by atoms with Crippen LogP contribution in [0.2, 0.25) is 0 Å². The van der Waals surface area contributed by atoms with Crippen LogP contribution in [0.25, 0.3) is 11.4 Å². The van der Waals surface area contributed by atoms with Crippen LogP contribution in [0.3, 0.4) is 0 Å². The largest absolute Gasteiger partial charge is 0.477 e. The van der Waals surface area contributed by atoms with Crippen molar-refractivity contribution in [1.29, 1.82) is 0 Å². The Morgan fingerprint density at radius 1 is 1.10 bits per heavy atom. The lowest BCUT2D eigenvalue weighted by atomic mass is 9.49. The number of rotatable bonds is 6. The lowest BCUT2D eigenvalue weighted by Crippen LogP contribution is -2.61. The highest BCUT2D eigenvalue weighted by Crippen LogP contribution is 2.58. The van der Waals surface area contributed by atoms with E-state index in [0.717, 1.165) is 30.4 Å². The molecule has 2 aliphatic carbocycles. The Morgan fingerprint density at radius 3 is 2.61 bits per heavy atom. The highest BCUT2D eigenvalue weighted by atomic mass is 16.5. The van der Waals surface area contributed by atoms with Crippen molar-refractivity contribution in [2.24, 2.45) is 11.3 Å². The molecule has 2 aliphatic rings. The third kappa shape index (κ3) is 3.90. The minimum absolute atomic E-state index is 0.0385. The van der Waals surface area contributed by atoms with E-state index in [0.29, 0.717) is 29.8 Å². The van der Waals surface area contributed by atoms with Crippen LogP contribution < -0.4 is 10.1 Å². The number of aromatic nitrogens is 3. The van der Waals surface area contributed by atoms with Crippen LogP contribution in [-0.4, -0.2) is 33.5 Å². The molecule has 6 heteroatoms. The van der Waals surface area contributed by atoms with Crippen molar-refractivity contribution in [2.45, 2.75) is 38.6 Å². The van der Waals surface area contributed by atoms with E-state index in [9.17, 15) is 4.79 Å². The molecule has 2 saturated carbocycles. The molecule has 6 nitrogen and oxygen atoms in total. The van der Waals surface area contributed by atoms with E-state index in [1.807, 2.05) is 43.3 Å². The molecule has 0 saturated heterocycles. The maximum Gasteiger partial charge on any atom is 0.252 e. The lowest BCUT2D eigenvalue weighted by Gasteiger charge is -2.59. The van der Waals surface area contributed by atoms with Crippen molar-refractivity contribution in [2.75, 3.05) is 6.61 Å². The summed E-state index contributed by atoms with van der Waals surface area (Å²) in [4.78, 5) is 26.1. The van der Waals surface area contributed by atoms with E-state index in [4.69, 9.17) is 4.74 Å². The van der Waals surface area contributed by atoms with Gasteiger partial charge in [0.05, 0.1) is 12.2 Å². The highest BCUT2D eigenvalue weighted by Gasteiger charge is 2.55. The normalized spacial score (nSPS) is 24.2. The topological polar surface area (TPSA) is 77.0 Å². The maximum atomic E-state index is 13.2. The number of amides is 1. The SMILES string of the molecule is Cc1ccc(-c2ncccn2)c(C(=O)NC2CCC23CC(COc2ccccn2)C3)c1. The minimum atomic E-state index is -0.0385. The summed E-state index contributed by atoms with van der Waals surface area (Å²) < 4.78 is 5.82. The molecule has 0 aliphatic heterocycles. The van der Waals surface area contributed by atoms with Crippen LogP contribution in [0.5, 0.6) is 5.88 Å². The van der Waals surface area contributed by atoms with Crippen LogP contribution in [0.15, 0.2) is 61.1 Å². The number of hydrogen-bond donors (Lipinski definition) is 1. The van der Waals surface area contributed by atoms with E-state index in [-0.39, 0.29) is 17.4 Å². The Labute approximate surface area is 182 Å². The first kappa shape index (κ1) is 19.7. The van der Waals surface area contributed by atoms with Gasteiger partial charge in [-0.2, -0.15) is 0 Å². The van der Waals surface area contributed by atoms with Crippen molar-refractivity contribution in [1.82, 2.24) is 20.3 Å². The van der Waals surface area contributed by atoms with Gasteiger partial charge in [-0.3, -0.25) is 4.79 Å². The molecule has 1 unspecified atom stereocenters. The van der Waals surface area contributed by atoms with Gasteiger partial charge in [0.2, 0.25) is 5.88 Å². The van der Waals surface area contributed by atoms with Crippen molar-refractivity contribution >= 4 is 5.91 Å². The Morgan fingerprint density at radius 2 is 1.90 bits per heavy atom. The fourth-order valence-electron chi connectivity index (χ4n) is 4.97. The first-order valence-corrected chi connectivity index (χ1v) is 10.9. The first-order valence-electron chi connectivity index (χ1n) is 10.9. The number of ether oxygens (including phenoxy) is 1. The molecular weight excluding hydrogens is 388 g/mol. The fourth-order valence-corrected chi connectivity index (χ4v) is 4.97. The van der Waals surface area contributed by atoms with Crippen LogP contribution in [0.4, 0.5) is 0 Å². The second-order valence-corrected chi connectivity index (χ2v) is 8.80. The number of carbonyl (C=O) groups is 1. The molecule has 5 rings (SSSR count). The number of nitrogens with one attached hydrogen (secondary N) is 1. The molecule has 1 amide bonds. The zero-order valence-corrected chi connectivity index (χ0v) is 17.6. The number of benzene rings is 1. The molecule has 3 aromatic rings. The highest BCUT2D eigenvalue weighted by molar-refractivity contribution is 6.00. The van der Waals surface area contributed by atoms with Crippen molar-refractivity contribution < 1.29 is 9.53 Å². The van der Waals surface area contributed by atoms with E-state index < -0.39 is 0 Å². The molecule has 1 aromatic carbocycles. The van der Waals surface area contributed by atoms with Gasteiger partial charge in [0.25, 0.3) is 5.91 Å². The molecule has 1 N–H and O–H groups in total. The van der Waals surface area contributed by atoms with E-state index in [2.05, 4.69) is 20.3 Å². The van der Waals surface area contributed by atoms with Crippen molar-refractivity contribution in [3.05, 3.63) is 72.2 Å². The summed E-state index contributed by atoms with van der Waals surface area (Å²) in [7, 11) is 0. The molecule has 2 heterocycles. The van der Waals surface area contributed by atoms with Gasteiger partial charge in [-0.25, -0.2) is 15.0 Å². The molecule has 158 valence electrons. The van der Waals surface area contributed by atoms with E-state index >= 15 is 0 Å². The molecule has 2 fully saturated rings. The van der Waals surface area contributed by atoms with Gasteiger partial charge in [-0.05, 0) is 62.1 Å². The Balaban J connectivity index is 1.23. The fraction of sp³-hybridized carbons (Fsp3) is 0.360. The van der Waals surface area contributed by atoms with E-state index in [1.54, 1.807) is 24.7 Å². The smallest absolute Gasteiger partial charge is 0.252 e. The summed E-state index contributed by atoms with van der Waals surface area (Å²) in [6, 6.07) is 13.6. The zero-order valence-electron chi connectivity index (χ0n) is 17.6. The molecule has 2 aromatic heterocycles. The average molecular weight is 415 g/mol. The third-order valence-electron chi connectivity index (χ3n) is 6.70. The van der Waals surface area contributed by atoms with Crippen LogP contribution in [0, 0.1) is 18.3 Å². The standard InChI is InChI=1S/C25H26N4O2/c1-17-6-7-19(23-27-11-4-12-28-23)20(13-17)24(30)29-21-8-9-25(21)14-18(15-25)16-31-22-5-2-3-10-26-22/h2-7,10-13,18,21H,8-9,14-16H2,1H3,(H,29,30). The summed E-state index contributed by atoms with van der Waals surface area (Å²) in [6.07, 6.45) is 9.53. The van der Waals surface area contributed by atoms with Crippen molar-refractivity contribution in [3.63, 3.8) is 0 Å². The third-order valence-corrected chi connectivity index (χ3v) is 6.70. The van der Waals surface area contributed by atoms with Gasteiger partial charge in [-0.1, -0.05) is 23.8 Å². The summed E-state index contributed by atoms with van der Waals surface area (Å²) in [6.45, 7) is 2.68. The number of aryl methyl sites for hydroxylation is 1. The van der Waals surface area contributed by atoms with Crippen LogP contribution >= 0.6 is 0 Å². The second-order valence-electron chi connectivity index (χ2n) is 8.80. The summed E-state index contributed by atoms with van der Waals surface area (Å²) >= 11 is 0. The van der Waals surface area contributed by atoms with Gasteiger partial charge < -0.3 is 10.1 Å². The monoisotopic (exact) mass is 414 g/mol. The molecule has 0 bridgehead atoms. The van der Waals surface area contributed by atoms with Gasteiger partial charge in [0.15, 0.2) is 5.82 Å². The number of carbonyl (C=O) groups excluding carboxylic acids is 1. The van der Waals surface area contributed by atoms with Gasteiger partial charge in [0.1, 0.15) is 0 Å². The first-order chi connectivity index (χ1) is 15.1. The Hall–Kier alpha value is -3.28. The van der Waals surface area contributed by atoms with Gasteiger partial charge in [-0.15, -0.1) is 0 Å². The lowest BCUT2D eigenvalue weighted by molar-refractivity contribution is -0.0721. The predicted octanol–water partition coefficient (Wildman–Crippen LogP) is 4.21. The summed E-state index contributed by atoms with van der Waals surface area (Å²) in [5.74, 6) is 1.74. The molecule has 0 radical (unpaired) electrons. The average Bonchev–Trinajstić information content (AvgIpc) is 2.77. The number of nitrogens with zero attached hydrogens (tertiary/aromatic N) is 3. The van der Waals surface area contributed by atoms with Crippen LogP contribution in [-0.2, 0) is 0 Å².